The molecule has 27 heavy (non-hydrogen) atoms. The lowest BCUT2D eigenvalue weighted by atomic mass is 10.2. The van der Waals surface area contributed by atoms with Crippen molar-refractivity contribution in [3.63, 3.8) is 0 Å². The Morgan fingerprint density at radius 1 is 1.19 bits per heavy atom. The molecule has 7 nitrogen and oxygen atoms in total. The smallest absolute Gasteiger partial charge is 0.340 e. The van der Waals surface area contributed by atoms with Gasteiger partial charge in [-0.1, -0.05) is 18.2 Å². The number of hydrogen-bond donors (Lipinski definition) is 1. The fraction of sp³-hybridized carbons (Fsp3) is 0.222. The monoisotopic (exact) mass is 394 g/mol. The number of rotatable bonds is 6. The first-order valence-electron chi connectivity index (χ1n) is 7.85. The molecule has 0 aliphatic heterocycles. The minimum Gasteiger partial charge on any atom is -0.452 e. The van der Waals surface area contributed by atoms with Gasteiger partial charge >= 0.3 is 5.97 Å². The molecule has 0 aliphatic rings. The number of hydrogen-bond acceptors (Lipinski definition) is 5. The van der Waals surface area contributed by atoms with Crippen molar-refractivity contribution in [2.24, 2.45) is 0 Å². The zero-order valence-corrected chi connectivity index (χ0v) is 15.8. The number of sulfonamides is 1. The summed E-state index contributed by atoms with van der Waals surface area (Å²) >= 11 is 0. The normalized spacial score (nSPS) is 11.0. The summed E-state index contributed by atoms with van der Waals surface area (Å²) in [6.45, 7) is 1.09. The number of para-hydroxylation sites is 1. The van der Waals surface area contributed by atoms with E-state index >= 15 is 0 Å². The molecule has 9 heteroatoms. The number of aryl methyl sites for hydroxylation is 1. The average molecular weight is 394 g/mol. The summed E-state index contributed by atoms with van der Waals surface area (Å²) in [7, 11) is -2.28. The van der Waals surface area contributed by atoms with Crippen LogP contribution in [0, 0.1) is 12.7 Å². The predicted octanol–water partition coefficient (Wildman–Crippen LogP) is 2.33. The maximum atomic E-state index is 13.3. The zero-order valence-electron chi connectivity index (χ0n) is 15.0. The first-order valence-corrected chi connectivity index (χ1v) is 9.70. The summed E-state index contributed by atoms with van der Waals surface area (Å²) in [5.41, 5.74) is 1.05. The second-order valence-electron chi connectivity index (χ2n) is 5.83. The Hall–Kier alpha value is -2.94. The van der Waals surface area contributed by atoms with Crippen LogP contribution in [0.15, 0.2) is 42.5 Å². The number of nitrogens with one attached hydrogen (secondary N) is 1. The maximum Gasteiger partial charge on any atom is 0.340 e. The van der Waals surface area contributed by atoms with E-state index in [4.69, 9.17) is 4.74 Å². The number of anilines is 2. The van der Waals surface area contributed by atoms with Crippen LogP contribution in [0.1, 0.15) is 15.9 Å². The number of amides is 1. The number of carbonyl (C=O) groups excluding carboxylic acids is 2. The molecule has 1 N–H and O–H groups in total. The van der Waals surface area contributed by atoms with Gasteiger partial charge in [-0.15, -0.1) is 0 Å². The molecule has 0 spiro atoms. The molecule has 0 unspecified atom stereocenters. The highest BCUT2D eigenvalue weighted by molar-refractivity contribution is 7.92. The number of nitrogens with zero attached hydrogens (tertiary/aromatic N) is 1. The molecule has 0 aromatic heterocycles. The van der Waals surface area contributed by atoms with Crippen LogP contribution >= 0.6 is 0 Å². The van der Waals surface area contributed by atoms with E-state index in [0.717, 1.165) is 16.6 Å². The fourth-order valence-corrected chi connectivity index (χ4v) is 2.74. The maximum absolute atomic E-state index is 13.3. The Kier molecular flexibility index (Phi) is 6.17. The molecule has 1 amide bonds. The molecule has 2 rings (SSSR count). The van der Waals surface area contributed by atoms with Crippen molar-refractivity contribution in [2.75, 3.05) is 29.5 Å². The summed E-state index contributed by atoms with van der Waals surface area (Å²) in [6.07, 6.45) is 1.00. The summed E-state index contributed by atoms with van der Waals surface area (Å²) in [5.74, 6) is -2.01. The van der Waals surface area contributed by atoms with E-state index in [-0.39, 0.29) is 16.9 Å². The van der Waals surface area contributed by atoms with E-state index < -0.39 is 34.3 Å². The van der Waals surface area contributed by atoms with Crippen molar-refractivity contribution >= 4 is 33.3 Å². The van der Waals surface area contributed by atoms with Crippen molar-refractivity contribution in [1.82, 2.24) is 0 Å². The van der Waals surface area contributed by atoms with E-state index in [1.54, 1.807) is 19.1 Å². The predicted molar refractivity (Wildman–Crippen MR) is 99.7 cm³/mol. The number of halogens is 1. The van der Waals surface area contributed by atoms with Gasteiger partial charge in [0.15, 0.2) is 6.61 Å². The lowest BCUT2D eigenvalue weighted by molar-refractivity contribution is -0.119. The Labute approximate surface area is 156 Å². The molecule has 2 aromatic carbocycles. The third-order valence-electron chi connectivity index (χ3n) is 3.77. The van der Waals surface area contributed by atoms with Gasteiger partial charge in [0.05, 0.1) is 17.5 Å². The molecule has 2 aromatic rings. The van der Waals surface area contributed by atoms with Crippen LogP contribution in [0.4, 0.5) is 15.8 Å². The molecule has 0 saturated heterocycles. The minimum atomic E-state index is -3.58. The van der Waals surface area contributed by atoms with Gasteiger partial charge in [-0.05, 0) is 36.8 Å². The highest BCUT2D eigenvalue weighted by Crippen LogP contribution is 2.22. The van der Waals surface area contributed by atoms with E-state index in [1.807, 2.05) is 0 Å². The lowest BCUT2D eigenvalue weighted by Crippen LogP contribution is -2.27. The minimum absolute atomic E-state index is 0.000149. The van der Waals surface area contributed by atoms with Gasteiger partial charge in [0.1, 0.15) is 5.82 Å². The van der Waals surface area contributed by atoms with Gasteiger partial charge in [0, 0.05) is 12.7 Å². The second kappa shape index (κ2) is 8.17. The number of benzene rings is 2. The van der Waals surface area contributed by atoms with Gasteiger partial charge < -0.3 is 10.1 Å². The van der Waals surface area contributed by atoms with Gasteiger partial charge in [0.25, 0.3) is 5.91 Å². The summed E-state index contributed by atoms with van der Waals surface area (Å²) in [4.78, 5) is 24.3. The summed E-state index contributed by atoms with van der Waals surface area (Å²) < 4.78 is 42.6. The van der Waals surface area contributed by atoms with Gasteiger partial charge in [0.2, 0.25) is 10.0 Å². The molecule has 0 radical (unpaired) electrons. The number of esters is 1. The number of carbonyl (C=O) groups is 2. The van der Waals surface area contributed by atoms with Crippen LogP contribution in [-0.2, 0) is 19.6 Å². The quantitative estimate of drug-likeness (QED) is 0.759. The fourth-order valence-electron chi connectivity index (χ4n) is 2.22. The molecule has 0 saturated carbocycles. The molecule has 0 bridgehead atoms. The lowest BCUT2D eigenvalue weighted by Gasteiger charge is -2.19. The SMILES string of the molecule is Cc1ccc(F)cc1NC(=O)COC(=O)c1ccccc1N(C)S(C)(=O)=O. The molecule has 0 fully saturated rings. The van der Waals surface area contributed by atoms with Crippen molar-refractivity contribution < 1.29 is 27.1 Å². The Bertz CT molecular complexity index is 975. The standard InChI is InChI=1S/C18H19FN2O5S/c1-12-8-9-13(19)10-15(12)20-17(22)11-26-18(23)14-6-4-5-7-16(14)21(2)27(3,24)25/h4-10H,11H2,1-3H3,(H,20,22). The van der Waals surface area contributed by atoms with Crippen molar-refractivity contribution in [2.45, 2.75) is 6.92 Å². The third kappa shape index (κ3) is 5.27. The zero-order chi connectivity index (χ0) is 20.2. The molecule has 0 heterocycles. The van der Waals surface area contributed by atoms with Crippen molar-refractivity contribution in [3.05, 3.63) is 59.4 Å². The topological polar surface area (TPSA) is 92.8 Å². The van der Waals surface area contributed by atoms with Crippen molar-refractivity contribution in [1.29, 1.82) is 0 Å². The van der Waals surface area contributed by atoms with Crippen LogP contribution in [0.25, 0.3) is 0 Å². The van der Waals surface area contributed by atoms with E-state index in [0.29, 0.717) is 5.56 Å². The Morgan fingerprint density at radius 3 is 2.52 bits per heavy atom. The highest BCUT2D eigenvalue weighted by atomic mass is 32.2. The van der Waals surface area contributed by atoms with Crippen LogP contribution in [0.2, 0.25) is 0 Å². The number of ether oxygens (including phenoxy) is 1. The summed E-state index contributed by atoms with van der Waals surface area (Å²) in [6, 6.07) is 9.90. The molecule has 144 valence electrons. The third-order valence-corrected chi connectivity index (χ3v) is 4.96. The molecule has 0 aliphatic carbocycles. The molecular weight excluding hydrogens is 375 g/mol. The molecular formula is C18H19FN2O5S. The van der Waals surface area contributed by atoms with Crippen LogP contribution in [0.5, 0.6) is 0 Å². The molecule has 0 atom stereocenters. The van der Waals surface area contributed by atoms with E-state index in [1.165, 1.54) is 31.3 Å². The largest absolute Gasteiger partial charge is 0.452 e. The van der Waals surface area contributed by atoms with Gasteiger partial charge in [-0.2, -0.15) is 0 Å². The van der Waals surface area contributed by atoms with Gasteiger partial charge in [-0.3, -0.25) is 9.10 Å². The summed E-state index contributed by atoms with van der Waals surface area (Å²) in [5, 5.41) is 2.46. The van der Waals surface area contributed by atoms with E-state index in [2.05, 4.69) is 5.32 Å². The Balaban J connectivity index is 2.08. The first kappa shape index (κ1) is 20.4. The van der Waals surface area contributed by atoms with Crippen LogP contribution in [-0.4, -0.2) is 40.2 Å². The van der Waals surface area contributed by atoms with Crippen LogP contribution in [0.3, 0.4) is 0 Å². The second-order valence-corrected chi connectivity index (χ2v) is 7.84. The van der Waals surface area contributed by atoms with Gasteiger partial charge in [-0.25, -0.2) is 17.6 Å². The van der Waals surface area contributed by atoms with Crippen LogP contribution < -0.4 is 9.62 Å². The highest BCUT2D eigenvalue weighted by Gasteiger charge is 2.21. The average Bonchev–Trinajstić information content (AvgIpc) is 2.61. The first-order chi connectivity index (χ1) is 12.6. The van der Waals surface area contributed by atoms with Crippen molar-refractivity contribution in [3.8, 4) is 0 Å². The Morgan fingerprint density at radius 2 is 1.85 bits per heavy atom. The van der Waals surface area contributed by atoms with E-state index in [9.17, 15) is 22.4 Å².